The van der Waals surface area contributed by atoms with Crippen LogP contribution in [0.5, 0.6) is 5.75 Å². The number of nitrogens with one attached hydrogen (secondary N) is 1. The first kappa shape index (κ1) is 12.4. The molecule has 17 heavy (non-hydrogen) atoms. The van der Waals surface area contributed by atoms with E-state index in [9.17, 15) is 0 Å². The number of para-hydroxylation sites is 1. The first-order valence-electron chi connectivity index (χ1n) is 6.45. The van der Waals surface area contributed by atoms with Crippen LogP contribution in [-0.2, 0) is 4.74 Å². The number of benzene rings is 1. The Morgan fingerprint density at radius 2 is 1.82 bits per heavy atom. The molecule has 2 rings (SSSR count). The molecule has 3 nitrogen and oxygen atoms in total. The van der Waals surface area contributed by atoms with Gasteiger partial charge in [-0.1, -0.05) is 18.2 Å². The standard InChI is InChI=1S/C14H21NO2/c1-2-5-13(6-3-1)16-11-4-12-17-14-7-9-15-10-8-14/h1-3,5-6,14-15H,4,7-12H2. The van der Waals surface area contributed by atoms with E-state index in [1.54, 1.807) is 0 Å². The fourth-order valence-corrected chi connectivity index (χ4v) is 1.98. The van der Waals surface area contributed by atoms with Gasteiger partial charge in [0.25, 0.3) is 0 Å². The molecular formula is C14H21NO2. The van der Waals surface area contributed by atoms with Crippen LogP contribution in [0.1, 0.15) is 19.3 Å². The van der Waals surface area contributed by atoms with Crippen LogP contribution in [0.25, 0.3) is 0 Å². The zero-order valence-corrected chi connectivity index (χ0v) is 10.2. The summed E-state index contributed by atoms with van der Waals surface area (Å²) < 4.78 is 11.4. The van der Waals surface area contributed by atoms with Crippen molar-refractivity contribution in [1.82, 2.24) is 5.32 Å². The molecule has 0 spiro atoms. The molecule has 1 aliphatic heterocycles. The number of ether oxygens (including phenoxy) is 2. The summed E-state index contributed by atoms with van der Waals surface area (Å²) in [6.45, 7) is 3.71. The minimum Gasteiger partial charge on any atom is -0.494 e. The maximum Gasteiger partial charge on any atom is 0.119 e. The van der Waals surface area contributed by atoms with Gasteiger partial charge in [0, 0.05) is 6.42 Å². The molecule has 0 amide bonds. The highest BCUT2D eigenvalue weighted by Crippen LogP contribution is 2.10. The fourth-order valence-electron chi connectivity index (χ4n) is 1.98. The Hall–Kier alpha value is -1.06. The summed E-state index contributed by atoms with van der Waals surface area (Å²) in [5, 5.41) is 3.33. The maximum absolute atomic E-state index is 5.80. The summed E-state index contributed by atoms with van der Waals surface area (Å²) in [7, 11) is 0. The van der Waals surface area contributed by atoms with Crippen molar-refractivity contribution < 1.29 is 9.47 Å². The molecule has 0 unspecified atom stereocenters. The van der Waals surface area contributed by atoms with Crippen LogP contribution >= 0.6 is 0 Å². The molecule has 0 saturated carbocycles. The third kappa shape index (κ3) is 4.75. The Bertz CT molecular complexity index is 296. The molecule has 0 aliphatic carbocycles. The quantitative estimate of drug-likeness (QED) is 0.767. The van der Waals surface area contributed by atoms with Crippen molar-refractivity contribution in [3.05, 3.63) is 30.3 Å². The molecule has 1 N–H and O–H groups in total. The Kier molecular flexibility index (Phi) is 5.33. The zero-order valence-electron chi connectivity index (χ0n) is 10.2. The second-order valence-electron chi connectivity index (χ2n) is 4.34. The molecule has 1 aliphatic rings. The first-order chi connectivity index (χ1) is 8.45. The molecule has 0 radical (unpaired) electrons. The highest BCUT2D eigenvalue weighted by molar-refractivity contribution is 5.20. The second kappa shape index (κ2) is 7.30. The van der Waals surface area contributed by atoms with Crippen molar-refractivity contribution in [2.45, 2.75) is 25.4 Å². The van der Waals surface area contributed by atoms with Gasteiger partial charge in [0.1, 0.15) is 5.75 Å². The van der Waals surface area contributed by atoms with Crippen molar-refractivity contribution in [2.24, 2.45) is 0 Å². The van der Waals surface area contributed by atoms with Crippen LogP contribution in [0.2, 0.25) is 0 Å². The lowest BCUT2D eigenvalue weighted by Gasteiger charge is -2.22. The van der Waals surface area contributed by atoms with E-state index in [2.05, 4.69) is 5.32 Å². The number of hydrogen-bond donors (Lipinski definition) is 1. The summed E-state index contributed by atoms with van der Waals surface area (Å²) in [6.07, 6.45) is 3.69. The third-order valence-corrected chi connectivity index (χ3v) is 2.94. The largest absolute Gasteiger partial charge is 0.494 e. The topological polar surface area (TPSA) is 30.5 Å². The molecule has 1 aromatic carbocycles. The third-order valence-electron chi connectivity index (χ3n) is 2.94. The fraction of sp³-hybridized carbons (Fsp3) is 0.571. The van der Waals surface area contributed by atoms with Gasteiger partial charge in [-0.25, -0.2) is 0 Å². The molecular weight excluding hydrogens is 214 g/mol. The van der Waals surface area contributed by atoms with Crippen LogP contribution in [0.4, 0.5) is 0 Å². The summed E-state index contributed by atoms with van der Waals surface area (Å²) in [4.78, 5) is 0. The van der Waals surface area contributed by atoms with Crippen LogP contribution in [0.3, 0.4) is 0 Å². The van der Waals surface area contributed by atoms with E-state index in [-0.39, 0.29) is 0 Å². The lowest BCUT2D eigenvalue weighted by molar-refractivity contribution is 0.0269. The predicted octanol–water partition coefficient (Wildman–Crippen LogP) is 2.22. The Morgan fingerprint density at radius 1 is 1.06 bits per heavy atom. The molecule has 3 heteroatoms. The van der Waals surface area contributed by atoms with Crippen molar-refractivity contribution in [3.8, 4) is 5.75 Å². The van der Waals surface area contributed by atoms with Gasteiger partial charge in [-0.2, -0.15) is 0 Å². The van der Waals surface area contributed by atoms with E-state index >= 15 is 0 Å². The van der Waals surface area contributed by atoms with Crippen LogP contribution < -0.4 is 10.1 Å². The first-order valence-corrected chi connectivity index (χ1v) is 6.45. The van der Waals surface area contributed by atoms with Crippen LogP contribution in [0.15, 0.2) is 30.3 Å². The molecule has 1 fully saturated rings. The number of hydrogen-bond acceptors (Lipinski definition) is 3. The SMILES string of the molecule is c1ccc(OCCCOC2CCNCC2)cc1. The summed E-state index contributed by atoms with van der Waals surface area (Å²) >= 11 is 0. The van der Waals surface area contributed by atoms with Crippen molar-refractivity contribution in [3.63, 3.8) is 0 Å². The molecule has 1 saturated heterocycles. The van der Waals surface area contributed by atoms with Crippen molar-refractivity contribution >= 4 is 0 Å². The highest BCUT2D eigenvalue weighted by atomic mass is 16.5. The molecule has 0 atom stereocenters. The van der Waals surface area contributed by atoms with E-state index in [0.29, 0.717) is 6.10 Å². The van der Waals surface area contributed by atoms with Crippen LogP contribution in [-0.4, -0.2) is 32.4 Å². The molecule has 1 heterocycles. The smallest absolute Gasteiger partial charge is 0.119 e. The maximum atomic E-state index is 5.80. The van der Waals surface area contributed by atoms with Gasteiger partial charge in [-0.3, -0.25) is 0 Å². The Labute approximate surface area is 103 Å². The minimum absolute atomic E-state index is 0.452. The van der Waals surface area contributed by atoms with E-state index in [0.717, 1.165) is 51.3 Å². The van der Waals surface area contributed by atoms with Gasteiger partial charge in [0.15, 0.2) is 0 Å². The van der Waals surface area contributed by atoms with Crippen molar-refractivity contribution in [1.29, 1.82) is 0 Å². The molecule has 0 bridgehead atoms. The Morgan fingerprint density at radius 3 is 2.59 bits per heavy atom. The van der Waals surface area contributed by atoms with E-state index in [4.69, 9.17) is 9.47 Å². The summed E-state index contributed by atoms with van der Waals surface area (Å²) in [5.41, 5.74) is 0. The lowest BCUT2D eigenvalue weighted by atomic mass is 10.1. The Balaban J connectivity index is 1.51. The minimum atomic E-state index is 0.452. The normalized spacial score (nSPS) is 16.9. The van der Waals surface area contributed by atoms with Gasteiger partial charge < -0.3 is 14.8 Å². The zero-order chi connectivity index (χ0) is 11.8. The van der Waals surface area contributed by atoms with Gasteiger partial charge in [0.05, 0.1) is 19.3 Å². The predicted molar refractivity (Wildman–Crippen MR) is 68.4 cm³/mol. The lowest BCUT2D eigenvalue weighted by Crippen LogP contribution is -2.32. The van der Waals surface area contributed by atoms with E-state index < -0.39 is 0 Å². The summed E-state index contributed by atoms with van der Waals surface area (Å²) in [6, 6.07) is 9.93. The van der Waals surface area contributed by atoms with E-state index in [1.807, 2.05) is 30.3 Å². The van der Waals surface area contributed by atoms with Gasteiger partial charge in [0.2, 0.25) is 0 Å². The molecule has 0 aromatic heterocycles. The number of rotatable bonds is 6. The van der Waals surface area contributed by atoms with E-state index in [1.165, 1.54) is 0 Å². The average molecular weight is 235 g/mol. The second-order valence-corrected chi connectivity index (χ2v) is 4.34. The van der Waals surface area contributed by atoms with Gasteiger partial charge in [-0.05, 0) is 38.1 Å². The van der Waals surface area contributed by atoms with Crippen LogP contribution in [0, 0.1) is 0 Å². The van der Waals surface area contributed by atoms with Gasteiger partial charge in [-0.15, -0.1) is 0 Å². The number of piperidine rings is 1. The highest BCUT2D eigenvalue weighted by Gasteiger charge is 2.12. The van der Waals surface area contributed by atoms with Crippen molar-refractivity contribution in [2.75, 3.05) is 26.3 Å². The van der Waals surface area contributed by atoms with Gasteiger partial charge >= 0.3 is 0 Å². The average Bonchev–Trinajstić information content (AvgIpc) is 2.41. The summed E-state index contributed by atoms with van der Waals surface area (Å²) in [5.74, 6) is 0.939. The monoisotopic (exact) mass is 235 g/mol. The molecule has 1 aromatic rings. The molecule has 94 valence electrons.